The first-order valence-corrected chi connectivity index (χ1v) is 4.07. The van der Waals surface area contributed by atoms with Gasteiger partial charge < -0.3 is 26.7 Å². The molecule has 0 aromatic rings. The molecule has 3 nitrogen and oxygen atoms in total. The van der Waals surface area contributed by atoms with E-state index in [0.29, 0.717) is 0 Å². The van der Waals surface area contributed by atoms with Gasteiger partial charge >= 0.3 is 13.2 Å². The third-order valence-electron chi connectivity index (χ3n) is 1.08. The zero-order valence-electron chi connectivity index (χ0n) is 8.93. The summed E-state index contributed by atoms with van der Waals surface area (Å²) >= 11 is 0. The van der Waals surface area contributed by atoms with Gasteiger partial charge in [0.15, 0.2) is 0 Å². The molecule has 0 saturated carbocycles. The summed E-state index contributed by atoms with van der Waals surface area (Å²) in [6.07, 6.45) is -2.27. The summed E-state index contributed by atoms with van der Waals surface area (Å²) in [5.41, 5.74) is -0.171. The van der Waals surface area contributed by atoms with Crippen molar-refractivity contribution in [2.75, 3.05) is 14.2 Å². The SMILES string of the molecule is CO/C=C(\CC(F)F)C(=O)OC.F[B-](F)(F)F. The molecule has 0 radical (unpaired) electrons. The predicted molar refractivity (Wildman–Crippen MR) is 47.9 cm³/mol. The standard InChI is InChI=1S/C7H10F2O3.BF4/c1-11-4-5(3-6(8)9)7(10)12-2;2-1(3,4)5/h4,6H,3H2,1-2H3;/q;-1/b5-4+;. The normalized spacial score (nSPS) is 11.7. The molecule has 0 aliphatic rings. The molecule has 0 bridgehead atoms. The summed E-state index contributed by atoms with van der Waals surface area (Å²) in [5.74, 6) is -0.794. The van der Waals surface area contributed by atoms with Crippen LogP contribution in [-0.4, -0.2) is 33.9 Å². The Hall–Kier alpha value is -1.35. The van der Waals surface area contributed by atoms with Crippen molar-refractivity contribution in [2.45, 2.75) is 12.8 Å². The van der Waals surface area contributed by atoms with Crippen molar-refractivity contribution in [3.8, 4) is 0 Å². The number of alkyl halides is 2. The van der Waals surface area contributed by atoms with Gasteiger partial charge in [-0.15, -0.1) is 0 Å². The lowest BCUT2D eigenvalue weighted by atomic mass is 10.2. The van der Waals surface area contributed by atoms with Gasteiger partial charge in [-0.25, -0.2) is 13.6 Å². The largest absolute Gasteiger partial charge is 0.673 e. The van der Waals surface area contributed by atoms with Crippen LogP contribution in [-0.2, 0) is 14.3 Å². The highest BCUT2D eigenvalue weighted by molar-refractivity contribution is 6.50. The van der Waals surface area contributed by atoms with Crippen LogP contribution in [0.4, 0.5) is 26.0 Å². The van der Waals surface area contributed by atoms with E-state index in [4.69, 9.17) is 0 Å². The fraction of sp³-hybridized carbons (Fsp3) is 0.571. The van der Waals surface area contributed by atoms with Crippen LogP contribution >= 0.6 is 0 Å². The van der Waals surface area contributed by atoms with Crippen LogP contribution < -0.4 is 0 Å². The van der Waals surface area contributed by atoms with Gasteiger partial charge in [0.05, 0.1) is 26.1 Å². The van der Waals surface area contributed by atoms with Crippen LogP contribution in [0, 0.1) is 0 Å². The van der Waals surface area contributed by atoms with Gasteiger partial charge in [0.25, 0.3) is 0 Å². The van der Waals surface area contributed by atoms with Crippen molar-refractivity contribution in [2.24, 2.45) is 0 Å². The highest BCUT2D eigenvalue weighted by atomic mass is 19.5. The minimum atomic E-state index is -6.00. The Bertz CT molecular complexity index is 246. The molecule has 0 heterocycles. The van der Waals surface area contributed by atoms with Gasteiger partial charge in [0.1, 0.15) is 0 Å². The van der Waals surface area contributed by atoms with Crippen molar-refractivity contribution in [1.82, 2.24) is 0 Å². The zero-order valence-corrected chi connectivity index (χ0v) is 8.93. The summed E-state index contributed by atoms with van der Waals surface area (Å²) in [5, 5.41) is 0. The number of carbonyl (C=O) groups excluding carboxylic acids is 1. The molecule has 0 saturated heterocycles. The zero-order chi connectivity index (χ0) is 14.1. The first kappa shape index (κ1) is 18.0. The fourth-order valence-corrected chi connectivity index (χ4v) is 0.619. The molecule has 0 N–H and O–H groups in total. The molecule has 0 aliphatic carbocycles. The Morgan fingerprint density at radius 3 is 1.88 bits per heavy atom. The maximum Gasteiger partial charge on any atom is 0.673 e. The van der Waals surface area contributed by atoms with Crippen molar-refractivity contribution >= 4 is 13.2 Å². The molecule has 0 unspecified atom stereocenters. The second kappa shape index (κ2) is 8.77. The van der Waals surface area contributed by atoms with E-state index >= 15 is 0 Å². The molecule has 102 valence electrons. The third-order valence-corrected chi connectivity index (χ3v) is 1.08. The van der Waals surface area contributed by atoms with Gasteiger partial charge in [-0.3, -0.25) is 0 Å². The van der Waals surface area contributed by atoms with Crippen LogP contribution in [0.3, 0.4) is 0 Å². The molecular formula is C7H10BF6O3-. The van der Waals surface area contributed by atoms with Crippen LogP contribution in [0.15, 0.2) is 11.8 Å². The van der Waals surface area contributed by atoms with Crippen LogP contribution in [0.5, 0.6) is 0 Å². The summed E-state index contributed by atoms with van der Waals surface area (Å²) in [6, 6.07) is 0. The topological polar surface area (TPSA) is 35.5 Å². The van der Waals surface area contributed by atoms with E-state index < -0.39 is 26.1 Å². The Kier molecular flexibility index (Phi) is 9.30. The Morgan fingerprint density at radius 1 is 1.24 bits per heavy atom. The molecule has 0 amide bonds. The predicted octanol–water partition coefficient (Wildman–Crippen LogP) is 2.64. The number of carbonyl (C=O) groups is 1. The monoisotopic (exact) mass is 267 g/mol. The highest BCUT2D eigenvalue weighted by Crippen LogP contribution is 2.11. The van der Waals surface area contributed by atoms with Gasteiger partial charge in [0.2, 0.25) is 6.43 Å². The average Bonchev–Trinajstić information content (AvgIpc) is 2.12. The number of esters is 1. The number of hydrogen-bond acceptors (Lipinski definition) is 3. The first-order chi connectivity index (χ1) is 7.61. The minimum absolute atomic E-state index is 0.171. The lowest BCUT2D eigenvalue weighted by Gasteiger charge is -2.03. The van der Waals surface area contributed by atoms with Gasteiger partial charge in [-0.1, -0.05) is 0 Å². The highest BCUT2D eigenvalue weighted by Gasteiger charge is 2.20. The van der Waals surface area contributed by atoms with E-state index in [1.54, 1.807) is 0 Å². The van der Waals surface area contributed by atoms with Crippen LogP contribution in [0.2, 0.25) is 0 Å². The van der Waals surface area contributed by atoms with E-state index in [1.165, 1.54) is 7.11 Å². The van der Waals surface area contributed by atoms with Gasteiger partial charge in [-0.2, -0.15) is 0 Å². The van der Waals surface area contributed by atoms with Gasteiger partial charge in [-0.05, 0) is 0 Å². The molecule has 0 atom stereocenters. The minimum Gasteiger partial charge on any atom is -0.504 e. The second-order valence-corrected chi connectivity index (χ2v) is 2.46. The van der Waals surface area contributed by atoms with Crippen molar-refractivity contribution in [1.29, 1.82) is 0 Å². The second-order valence-electron chi connectivity index (χ2n) is 2.46. The molecule has 0 fully saturated rings. The molecule has 0 aromatic heterocycles. The summed E-state index contributed by atoms with van der Waals surface area (Å²) < 4.78 is 71.3. The van der Waals surface area contributed by atoms with Gasteiger partial charge in [0, 0.05) is 6.42 Å². The Balaban J connectivity index is 0. The fourth-order valence-electron chi connectivity index (χ4n) is 0.619. The number of halogens is 6. The lowest BCUT2D eigenvalue weighted by molar-refractivity contribution is -0.136. The molecule has 0 spiro atoms. The molecule has 0 aromatic carbocycles. The van der Waals surface area contributed by atoms with Crippen molar-refractivity contribution in [3.05, 3.63) is 11.8 Å². The van der Waals surface area contributed by atoms with Crippen LogP contribution in [0.25, 0.3) is 0 Å². The van der Waals surface area contributed by atoms with E-state index in [9.17, 15) is 30.8 Å². The molecule has 0 aliphatic heterocycles. The molecule has 10 heteroatoms. The quantitative estimate of drug-likeness (QED) is 0.258. The average molecular weight is 267 g/mol. The first-order valence-electron chi connectivity index (χ1n) is 4.07. The van der Waals surface area contributed by atoms with E-state index in [-0.39, 0.29) is 5.57 Å². The smallest absolute Gasteiger partial charge is 0.504 e. The van der Waals surface area contributed by atoms with E-state index in [2.05, 4.69) is 9.47 Å². The third kappa shape index (κ3) is 17.3. The van der Waals surface area contributed by atoms with Crippen molar-refractivity contribution in [3.63, 3.8) is 0 Å². The number of ether oxygens (including phenoxy) is 2. The Labute approximate surface area is 93.5 Å². The van der Waals surface area contributed by atoms with Crippen molar-refractivity contribution < 1.29 is 40.3 Å². The van der Waals surface area contributed by atoms with E-state index in [1.807, 2.05) is 0 Å². The molecule has 17 heavy (non-hydrogen) atoms. The molecule has 0 rings (SSSR count). The van der Waals surface area contributed by atoms with Crippen LogP contribution in [0.1, 0.15) is 6.42 Å². The maximum atomic E-state index is 11.8. The number of methoxy groups -OCH3 is 2. The molecular weight excluding hydrogens is 257 g/mol. The number of hydrogen-bond donors (Lipinski definition) is 0. The summed E-state index contributed by atoms with van der Waals surface area (Å²) in [6.45, 7) is 0. The summed E-state index contributed by atoms with van der Waals surface area (Å²) in [4.78, 5) is 10.7. The Morgan fingerprint density at radius 2 is 1.65 bits per heavy atom. The maximum absolute atomic E-state index is 11.8. The van der Waals surface area contributed by atoms with E-state index in [0.717, 1.165) is 13.4 Å². The lowest BCUT2D eigenvalue weighted by Crippen LogP contribution is -2.08. The summed E-state index contributed by atoms with van der Waals surface area (Å²) in [7, 11) is -3.61. The number of rotatable bonds is 4.